The molecule has 19 heavy (non-hydrogen) atoms. The van der Waals surface area contributed by atoms with E-state index in [1.54, 1.807) is 0 Å². The Kier molecular flexibility index (Phi) is 7.75. The van der Waals surface area contributed by atoms with Gasteiger partial charge in [0.25, 0.3) is 0 Å². The zero-order valence-electron chi connectivity index (χ0n) is 12.6. The van der Waals surface area contributed by atoms with Crippen LogP contribution in [0.3, 0.4) is 0 Å². The molecule has 4 nitrogen and oxygen atoms in total. The number of hydrogen-bond donors (Lipinski definition) is 1. The zero-order chi connectivity index (χ0) is 14.1. The first-order valence-electron chi connectivity index (χ1n) is 7.34. The highest BCUT2D eigenvalue weighted by molar-refractivity contribution is 5.53. The van der Waals surface area contributed by atoms with Crippen LogP contribution in [0.15, 0.2) is 16.8 Å². The van der Waals surface area contributed by atoms with Gasteiger partial charge in [-0.1, -0.05) is 0 Å². The first kappa shape index (κ1) is 16.2. The molecule has 0 spiro atoms. The molecule has 0 aromatic rings. The Labute approximate surface area is 117 Å². The SMILES string of the molecule is C/C(=C/C(C)OCCCC1CCN(C)CC1)N=CN. The summed E-state index contributed by atoms with van der Waals surface area (Å²) >= 11 is 0. The molecule has 0 radical (unpaired) electrons. The fourth-order valence-corrected chi connectivity index (χ4v) is 2.54. The molecule has 0 aromatic heterocycles. The molecular weight excluding hydrogens is 238 g/mol. The van der Waals surface area contributed by atoms with Gasteiger partial charge in [-0.15, -0.1) is 0 Å². The number of piperidine rings is 1. The van der Waals surface area contributed by atoms with Gasteiger partial charge in [-0.05, 0) is 71.7 Å². The summed E-state index contributed by atoms with van der Waals surface area (Å²) < 4.78 is 5.77. The third kappa shape index (κ3) is 7.33. The maximum atomic E-state index is 5.77. The normalized spacial score (nSPS) is 21.1. The summed E-state index contributed by atoms with van der Waals surface area (Å²) in [6, 6.07) is 0. The number of nitrogens with two attached hydrogens (primary N) is 1. The summed E-state index contributed by atoms with van der Waals surface area (Å²) in [6.45, 7) is 7.32. The fourth-order valence-electron chi connectivity index (χ4n) is 2.54. The molecule has 1 aliphatic rings. The monoisotopic (exact) mass is 267 g/mol. The van der Waals surface area contributed by atoms with Crippen LogP contribution in [0, 0.1) is 5.92 Å². The molecule has 1 heterocycles. The van der Waals surface area contributed by atoms with Crippen molar-refractivity contribution in [3.63, 3.8) is 0 Å². The maximum absolute atomic E-state index is 5.77. The average molecular weight is 267 g/mol. The third-order valence-corrected chi connectivity index (χ3v) is 3.73. The van der Waals surface area contributed by atoms with E-state index in [0.717, 1.165) is 24.6 Å². The number of hydrogen-bond acceptors (Lipinski definition) is 3. The van der Waals surface area contributed by atoms with E-state index in [2.05, 4.69) is 16.9 Å². The van der Waals surface area contributed by atoms with E-state index < -0.39 is 0 Å². The summed E-state index contributed by atoms with van der Waals surface area (Å²) in [6.07, 6.45) is 8.57. The average Bonchev–Trinajstić information content (AvgIpc) is 2.37. The Morgan fingerprint density at radius 1 is 1.47 bits per heavy atom. The van der Waals surface area contributed by atoms with Gasteiger partial charge in [0.05, 0.1) is 12.4 Å². The minimum absolute atomic E-state index is 0.112. The van der Waals surface area contributed by atoms with Gasteiger partial charge in [-0.2, -0.15) is 0 Å². The van der Waals surface area contributed by atoms with Crippen molar-refractivity contribution in [2.45, 2.75) is 45.6 Å². The molecule has 1 aliphatic heterocycles. The van der Waals surface area contributed by atoms with Crippen molar-refractivity contribution < 1.29 is 4.74 Å². The van der Waals surface area contributed by atoms with Gasteiger partial charge in [0.2, 0.25) is 0 Å². The first-order chi connectivity index (χ1) is 9.11. The van der Waals surface area contributed by atoms with Gasteiger partial charge in [0.15, 0.2) is 0 Å². The van der Waals surface area contributed by atoms with Crippen molar-refractivity contribution in [2.24, 2.45) is 16.6 Å². The van der Waals surface area contributed by atoms with Crippen molar-refractivity contribution in [1.29, 1.82) is 0 Å². The number of nitrogens with zero attached hydrogens (tertiary/aromatic N) is 2. The summed E-state index contributed by atoms with van der Waals surface area (Å²) in [5, 5.41) is 0. The molecule has 110 valence electrons. The Balaban J connectivity index is 2.08. The predicted molar refractivity (Wildman–Crippen MR) is 81.3 cm³/mol. The van der Waals surface area contributed by atoms with Crippen molar-refractivity contribution in [1.82, 2.24) is 4.90 Å². The van der Waals surface area contributed by atoms with Gasteiger partial charge in [0, 0.05) is 12.3 Å². The van der Waals surface area contributed by atoms with Crippen LogP contribution in [0.1, 0.15) is 39.5 Å². The highest BCUT2D eigenvalue weighted by atomic mass is 16.5. The number of aliphatic imine (C=N–C) groups is 1. The summed E-state index contributed by atoms with van der Waals surface area (Å²) in [5.41, 5.74) is 6.15. The van der Waals surface area contributed by atoms with E-state index in [-0.39, 0.29) is 6.10 Å². The quantitative estimate of drug-likeness (QED) is 0.438. The lowest BCUT2D eigenvalue weighted by atomic mass is 9.93. The molecule has 0 bridgehead atoms. The number of likely N-dealkylation sites (tertiary alicyclic amines) is 1. The van der Waals surface area contributed by atoms with Crippen LogP contribution in [-0.2, 0) is 4.74 Å². The number of allylic oxidation sites excluding steroid dienone is 1. The first-order valence-corrected chi connectivity index (χ1v) is 7.34. The van der Waals surface area contributed by atoms with E-state index >= 15 is 0 Å². The smallest absolute Gasteiger partial charge is 0.0855 e. The third-order valence-electron chi connectivity index (χ3n) is 3.73. The van der Waals surface area contributed by atoms with E-state index in [4.69, 9.17) is 10.5 Å². The predicted octanol–water partition coefficient (Wildman–Crippen LogP) is 2.40. The standard InChI is InChI=1S/C15H29N3O/c1-13(17-12-16)11-14(2)19-10-4-5-15-6-8-18(3)9-7-15/h11-12,14-15H,4-10H2,1-3H3,(H2,16,17)/b13-11-. The van der Waals surface area contributed by atoms with E-state index in [9.17, 15) is 0 Å². The highest BCUT2D eigenvalue weighted by Gasteiger charge is 2.15. The minimum Gasteiger partial charge on any atom is -0.390 e. The van der Waals surface area contributed by atoms with Crippen molar-refractivity contribution in [3.8, 4) is 0 Å². The van der Waals surface area contributed by atoms with Crippen molar-refractivity contribution in [2.75, 3.05) is 26.7 Å². The molecule has 1 unspecified atom stereocenters. The van der Waals surface area contributed by atoms with E-state index in [1.807, 2.05) is 19.9 Å². The summed E-state index contributed by atoms with van der Waals surface area (Å²) in [5.74, 6) is 0.897. The maximum Gasteiger partial charge on any atom is 0.0855 e. The Bertz CT molecular complexity index is 294. The molecule has 2 N–H and O–H groups in total. The van der Waals surface area contributed by atoms with Gasteiger partial charge in [-0.3, -0.25) is 0 Å². The Morgan fingerprint density at radius 2 is 2.16 bits per heavy atom. The van der Waals surface area contributed by atoms with Crippen LogP contribution in [0.2, 0.25) is 0 Å². The lowest BCUT2D eigenvalue weighted by molar-refractivity contribution is 0.0877. The van der Waals surface area contributed by atoms with E-state index in [1.165, 1.54) is 38.7 Å². The molecule has 4 heteroatoms. The van der Waals surface area contributed by atoms with Crippen LogP contribution in [-0.4, -0.2) is 44.1 Å². The molecule has 1 atom stereocenters. The molecule has 1 rings (SSSR count). The van der Waals surface area contributed by atoms with Gasteiger partial charge < -0.3 is 15.4 Å². The van der Waals surface area contributed by atoms with Crippen LogP contribution in [0.4, 0.5) is 0 Å². The summed E-state index contributed by atoms with van der Waals surface area (Å²) in [4.78, 5) is 6.42. The van der Waals surface area contributed by atoms with Crippen LogP contribution >= 0.6 is 0 Å². The fraction of sp³-hybridized carbons (Fsp3) is 0.800. The van der Waals surface area contributed by atoms with E-state index in [0.29, 0.717) is 0 Å². The minimum atomic E-state index is 0.112. The second kappa shape index (κ2) is 9.10. The van der Waals surface area contributed by atoms with Gasteiger partial charge >= 0.3 is 0 Å². The lowest BCUT2D eigenvalue weighted by Gasteiger charge is -2.28. The molecule has 0 aromatic carbocycles. The summed E-state index contributed by atoms with van der Waals surface area (Å²) in [7, 11) is 2.21. The zero-order valence-corrected chi connectivity index (χ0v) is 12.6. The number of rotatable bonds is 7. The second-order valence-electron chi connectivity index (χ2n) is 5.55. The number of ether oxygens (including phenoxy) is 1. The van der Waals surface area contributed by atoms with Gasteiger partial charge in [0.1, 0.15) is 0 Å². The van der Waals surface area contributed by atoms with Crippen molar-refractivity contribution in [3.05, 3.63) is 11.8 Å². The van der Waals surface area contributed by atoms with Crippen LogP contribution in [0.25, 0.3) is 0 Å². The molecule has 0 saturated carbocycles. The Hall–Kier alpha value is -0.870. The molecule has 1 fully saturated rings. The van der Waals surface area contributed by atoms with Crippen molar-refractivity contribution >= 4 is 6.34 Å². The van der Waals surface area contributed by atoms with Gasteiger partial charge in [-0.25, -0.2) is 4.99 Å². The highest BCUT2D eigenvalue weighted by Crippen LogP contribution is 2.20. The topological polar surface area (TPSA) is 50.8 Å². The molecule has 1 saturated heterocycles. The van der Waals surface area contributed by atoms with Crippen LogP contribution < -0.4 is 5.73 Å². The second-order valence-corrected chi connectivity index (χ2v) is 5.55. The Morgan fingerprint density at radius 3 is 2.79 bits per heavy atom. The molecule has 0 amide bonds. The lowest BCUT2D eigenvalue weighted by Crippen LogP contribution is -2.30. The largest absolute Gasteiger partial charge is 0.390 e. The molecular formula is C15H29N3O. The molecule has 0 aliphatic carbocycles. The van der Waals surface area contributed by atoms with Crippen LogP contribution in [0.5, 0.6) is 0 Å².